The number of hydrogen-bond acceptors (Lipinski definition) is 4. The second-order valence-electron chi connectivity index (χ2n) is 5.35. The van der Waals surface area contributed by atoms with E-state index in [9.17, 15) is 4.39 Å². The summed E-state index contributed by atoms with van der Waals surface area (Å²) in [6.07, 6.45) is 1.03. The van der Waals surface area contributed by atoms with E-state index in [4.69, 9.17) is 4.74 Å². The Labute approximate surface area is 149 Å². The van der Waals surface area contributed by atoms with Gasteiger partial charge in [0.15, 0.2) is 5.96 Å². The minimum atomic E-state index is -0.165. The zero-order valence-corrected chi connectivity index (χ0v) is 15.7. The van der Waals surface area contributed by atoms with E-state index >= 15 is 0 Å². The number of halogens is 1. The summed E-state index contributed by atoms with van der Waals surface area (Å²) in [6.45, 7) is 4.29. The summed E-state index contributed by atoms with van der Waals surface area (Å²) in [6, 6.07) is 6.84. The number of ether oxygens (including phenoxy) is 1. The lowest BCUT2D eigenvalue weighted by atomic mass is 10.3. The molecule has 1 aromatic carbocycles. The summed E-state index contributed by atoms with van der Waals surface area (Å²) in [5.74, 6) is 1.38. The van der Waals surface area contributed by atoms with Crippen molar-refractivity contribution in [2.45, 2.75) is 11.3 Å². The number of thioether (sulfide) groups is 1. The minimum Gasteiger partial charge on any atom is -0.385 e. The summed E-state index contributed by atoms with van der Waals surface area (Å²) >= 11 is 1.50. The highest BCUT2D eigenvalue weighted by atomic mass is 32.2. The Kier molecular flexibility index (Phi) is 11.3. The molecule has 7 heteroatoms. The van der Waals surface area contributed by atoms with Gasteiger partial charge >= 0.3 is 0 Å². The van der Waals surface area contributed by atoms with Gasteiger partial charge in [-0.05, 0) is 25.6 Å². The van der Waals surface area contributed by atoms with Crippen LogP contribution in [0.5, 0.6) is 0 Å². The van der Waals surface area contributed by atoms with E-state index < -0.39 is 0 Å². The van der Waals surface area contributed by atoms with E-state index in [1.807, 2.05) is 6.07 Å². The maximum absolute atomic E-state index is 13.5. The van der Waals surface area contributed by atoms with Crippen molar-refractivity contribution in [2.75, 3.05) is 59.7 Å². The Morgan fingerprint density at radius 3 is 2.71 bits per heavy atom. The molecule has 0 aromatic heterocycles. The van der Waals surface area contributed by atoms with Crippen molar-refractivity contribution in [3.8, 4) is 0 Å². The van der Waals surface area contributed by atoms with Gasteiger partial charge in [-0.1, -0.05) is 12.1 Å². The number of methoxy groups -OCH3 is 1. The quantitative estimate of drug-likeness (QED) is 0.275. The molecule has 24 heavy (non-hydrogen) atoms. The summed E-state index contributed by atoms with van der Waals surface area (Å²) in [4.78, 5) is 7.13. The van der Waals surface area contributed by atoms with Crippen molar-refractivity contribution in [1.29, 1.82) is 0 Å². The van der Waals surface area contributed by atoms with E-state index in [0.717, 1.165) is 50.9 Å². The van der Waals surface area contributed by atoms with Crippen LogP contribution in [-0.4, -0.2) is 70.6 Å². The van der Waals surface area contributed by atoms with Gasteiger partial charge in [-0.2, -0.15) is 0 Å². The Morgan fingerprint density at radius 2 is 2.00 bits per heavy atom. The van der Waals surface area contributed by atoms with Crippen LogP contribution in [0.4, 0.5) is 4.39 Å². The normalized spacial score (nSPS) is 11.8. The van der Waals surface area contributed by atoms with E-state index in [-0.39, 0.29) is 5.82 Å². The first-order valence-electron chi connectivity index (χ1n) is 8.16. The fourth-order valence-corrected chi connectivity index (χ4v) is 2.87. The zero-order chi connectivity index (χ0) is 17.6. The lowest BCUT2D eigenvalue weighted by Gasteiger charge is -2.18. The first-order valence-corrected chi connectivity index (χ1v) is 9.15. The third kappa shape index (κ3) is 9.10. The molecule has 0 aliphatic heterocycles. The molecule has 136 valence electrons. The summed E-state index contributed by atoms with van der Waals surface area (Å²) < 4.78 is 18.6. The van der Waals surface area contributed by atoms with Crippen LogP contribution in [0.3, 0.4) is 0 Å². The van der Waals surface area contributed by atoms with Gasteiger partial charge in [0.05, 0.1) is 0 Å². The molecular formula is C17H29FN4OS. The number of nitrogens with one attached hydrogen (secondary N) is 2. The molecule has 2 N–H and O–H groups in total. The molecule has 0 aliphatic carbocycles. The predicted octanol–water partition coefficient (Wildman–Crippen LogP) is 2.05. The maximum atomic E-state index is 13.5. The highest BCUT2D eigenvalue weighted by Crippen LogP contribution is 2.20. The van der Waals surface area contributed by atoms with E-state index in [1.165, 1.54) is 17.8 Å². The molecule has 0 fully saturated rings. The number of benzene rings is 1. The van der Waals surface area contributed by atoms with E-state index in [1.54, 1.807) is 26.3 Å². The number of hydrogen-bond donors (Lipinski definition) is 2. The fraction of sp³-hybridized carbons (Fsp3) is 0.588. The molecule has 0 saturated carbocycles. The van der Waals surface area contributed by atoms with Crippen LogP contribution in [0.1, 0.15) is 6.42 Å². The third-order valence-electron chi connectivity index (χ3n) is 3.39. The SMILES string of the molecule is CN=C(NCCSc1ccccc1F)NCCN(C)CCCOC. The Hall–Kier alpha value is -1.31. The van der Waals surface area contributed by atoms with Crippen LogP contribution in [-0.2, 0) is 4.74 Å². The number of likely N-dealkylation sites (N-methyl/N-ethyl adjacent to an activating group) is 1. The average Bonchev–Trinajstić information content (AvgIpc) is 2.58. The smallest absolute Gasteiger partial charge is 0.191 e. The largest absolute Gasteiger partial charge is 0.385 e. The molecule has 0 saturated heterocycles. The highest BCUT2D eigenvalue weighted by Gasteiger charge is 2.02. The van der Waals surface area contributed by atoms with Gasteiger partial charge in [0.2, 0.25) is 0 Å². The molecule has 0 aliphatic rings. The number of rotatable bonds is 11. The van der Waals surface area contributed by atoms with Crippen molar-refractivity contribution >= 4 is 17.7 Å². The first kappa shape index (κ1) is 20.7. The summed E-state index contributed by atoms with van der Waals surface area (Å²) in [5.41, 5.74) is 0. The van der Waals surface area contributed by atoms with Crippen molar-refractivity contribution < 1.29 is 9.13 Å². The van der Waals surface area contributed by atoms with Gasteiger partial charge in [-0.3, -0.25) is 4.99 Å². The van der Waals surface area contributed by atoms with Crippen molar-refractivity contribution in [2.24, 2.45) is 4.99 Å². The number of aliphatic imine (C=N–C) groups is 1. The summed E-state index contributed by atoms with van der Waals surface area (Å²) in [5, 5.41) is 6.53. The first-order chi connectivity index (χ1) is 11.7. The highest BCUT2D eigenvalue weighted by molar-refractivity contribution is 7.99. The minimum absolute atomic E-state index is 0.165. The maximum Gasteiger partial charge on any atom is 0.191 e. The molecule has 0 radical (unpaired) electrons. The van der Waals surface area contributed by atoms with Crippen molar-refractivity contribution in [3.63, 3.8) is 0 Å². The van der Waals surface area contributed by atoms with Crippen LogP contribution < -0.4 is 10.6 Å². The van der Waals surface area contributed by atoms with Gasteiger partial charge in [-0.15, -0.1) is 11.8 Å². The molecule has 0 bridgehead atoms. The van der Waals surface area contributed by atoms with Gasteiger partial charge in [0.25, 0.3) is 0 Å². The Morgan fingerprint density at radius 1 is 1.25 bits per heavy atom. The van der Waals surface area contributed by atoms with Gasteiger partial charge in [0, 0.05) is 57.6 Å². The van der Waals surface area contributed by atoms with Crippen LogP contribution >= 0.6 is 11.8 Å². The molecule has 0 amide bonds. The standard InChI is InChI=1S/C17H29FN4OS/c1-19-17(20-9-12-22(2)11-6-13-23-3)21-10-14-24-16-8-5-4-7-15(16)18/h4-5,7-8H,6,9-14H2,1-3H3,(H2,19,20,21). The molecule has 1 rings (SSSR count). The zero-order valence-electron chi connectivity index (χ0n) is 14.8. The van der Waals surface area contributed by atoms with Crippen LogP contribution in [0.25, 0.3) is 0 Å². The third-order valence-corrected chi connectivity index (χ3v) is 4.44. The molecule has 0 atom stereocenters. The van der Waals surface area contributed by atoms with Gasteiger partial charge in [0.1, 0.15) is 5.82 Å². The molecule has 1 aromatic rings. The molecule has 0 heterocycles. The van der Waals surface area contributed by atoms with Crippen LogP contribution in [0, 0.1) is 5.82 Å². The van der Waals surface area contributed by atoms with Crippen molar-refractivity contribution in [3.05, 3.63) is 30.1 Å². The lowest BCUT2D eigenvalue weighted by Crippen LogP contribution is -2.41. The fourth-order valence-electron chi connectivity index (χ4n) is 2.07. The second kappa shape index (κ2) is 13.0. The molecule has 5 nitrogen and oxygen atoms in total. The second-order valence-corrected chi connectivity index (χ2v) is 6.49. The Balaban J connectivity index is 2.13. The molecule has 0 spiro atoms. The number of nitrogens with zero attached hydrogens (tertiary/aromatic N) is 2. The average molecular weight is 357 g/mol. The molecule has 0 unspecified atom stereocenters. The van der Waals surface area contributed by atoms with Gasteiger partial charge in [-0.25, -0.2) is 4.39 Å². The van der Waals surface area contributed by atoms with E-state index in [0.29, 0.717) is 4.90 Å². The summed E-state index contributed by atoms with van der Waals surface area (Å²) in [7, 11) is 5.57. The van der Waals surface area contributed by atoms with Crippen LogP contribution in [0.2, 0.25) is 0 Å². The number of guanidine groups is 1. The Bertz CT molecular complexity index is 487. The lowest BCUT2D eigenvalue weighted by molar-refractivity contribution is 0.180. The van der Waals surface area contributed by atoms with Crippen LogP contribution in [0.15, 0.2) is 34.2 Å². The van der Waals surface area contributed by atoms with Crippen molar-refractivity contribution in [1.82, 2.24) is 15.5 Å². The van der Waals surface area contributed by atoms with Gasteiger partial charge < -0.3 is 20.3 Å². The van der Waals surface area contributed by atoms with E-state index in [2.05, 4.69) is 27.6 Å². The topological polar surface area (TPSA) is 48.9 Å². The predicted molar refractivity (Wildman–Crippen MR) is 100 cm³/mol. The monoisotopic (exact) mass is 356 g/mol. The molecular weight excluding hydrogens is 327 g/mol.